The lowest BCUT2D eigenvalue weighted by Crippen LogP contribution is -2.50. The zero-order chi connectivity index (χ0) is 16.8. The molecule has 1 aliphatic carbocycles. The van der Waals surface area contributed by atoms with Crippen molar-refractivity contribution in [2.45, 2.75) is 19.4 Å². The molecular formula is C18H25FN2O2. The second-order valence-electron chi connectivity index (χ2n) is 7.19. The number of halogens is 1. The van der Waals surface area contributed by atoms with Crippen molar-refractivity contribution in [1.29, 1.82) is 0 Å². The van der Waals surface area contributed by atoms with E-state index in [0.717, 1.165) is 6.54 Å². The van der Waals surface area contributed by atoms with Crippen LogP contribution in [0.25, 0.3) is 0 Å². The Kier molecular flexibility index (Phi) is 4.19. The van der Waals surface area contributed by atoms with Crippen LogP contribution in [0.5, 0.6) is 0 Å². The summed E-state index contributed by atoms with van der Waals surface area (Å²) in [5, 5.41) is 14.3. The summed E-state index contributed by atoms with van der Waals surface area (Å²) < 4.78 is 13.2. The van der Waals surface area contributed by atoms with Gasteiger partial charge in [0.05, 0.1) is 0 Å². The first kappa shape index (κ1) is 16.4. The van der Waals surface area contributed by atoms with E-state index in [1.54, 1.807) is 4.90 Å². The van der Waals surface area contributed by atoms with Crippen molar-refractivity contribution in [3.05, 3.63) is 35.6 Å². The van der Waals surface area contributed by atoms with Gasteiger partial charge in [0.25, 0.3) is 5.91 Å². The molecule has 1 aliphatic heterocycles. The summed E-state index contributed by atoms with van der Waals surface area (Å²) >= 11 is 0. The number of amides is 1. The molecule has 2 aliphatic rings. The fourth-order valence-electron chi connectivity index (χ4n) is 4.00. The van der Waals surface area contributed by atoms with Gasteiger partial charge in [0, 0.05) is 13.1 Å². The molecule has 1 saturated heterocycles. The van der Waals surface area contributed by atoms with Crippen molar-refractivity contribution in [1.82, 2.24) is 10.2 Å². The van der Waals surface area contributed by atoms with Gasteiger partial charge in [-0.05, 0) is 55.0 Å². The highest BCUT2D eigenvalue weighted by Crippen LogP contribution is 2.52. The van der Waals surface area contributed by atoms with Crippen LogP contribution in [-0.4, -0.2) is 42.6 Å². The summed E-state index contributed by atoms with van der Waals surface area (Å²) in [6, 6.07) is 5.60. The van der Waals surface area contributed by atoms with Crippen LogP contribution < -0.4 is 5.32 Å². The molecule has 3 unspecified atom stereocenters. The first-order valence-corrected chi connectivity index (χ1v) is 8.32. The lowest BCUT2D eigenvalue weighted by atomic mass is 9.82. The number of benzene rings is 1. The SMILES string of the molecule is CNCC1C2CN(C(=O)C(O)(c3ccc(F)cc3)C(C)C)CC12. The third-order valence-electron chi connectivity index (χ3n) is 5.54. The Labute approximate surface area is 136 Å². The summed E-state index contributed by atoms with van der Waals surface area (Å²) in [5.74, 6) is 0.846. The van der Waals surface area contributed by atoms with Crippen LogP contribution in [0.1, 0.15) is 19.4 Å². The van der Waals surface area contributed by atoms with E-state index < -0.39 is 5.60 Å². The van der Waals surface area contributed by atoms with Crippen LogP contribution in [0.3, 0.4) is 0 Å². The number of nitrogens with one attached hydrogen (secondary N) is 1. The molecule has 2 N–H and O–H groups in total. The highest BCUT2D eigenvalue weighted by molar-refractivity contribution is 5.87. The number of hydrogen-bond donors (Lipinski definition) is 2. The molecule has 4 nitrogen and oxygen atoms in total. The lowest BCUT2D eigenvalue weighted by Gasteiger charge is -2.35. The number of likely N-dealkylation sites (tertiary alicyclic amines) is 1. The summed E-state index contributed by atoms with van der Waals surface area (Å²) in [6.07, 6.45) is 0. The van der Waals surface area contributed by atoms with E-state index in [1.807, 2.05) is 20.9 Å². The normalized spacial score (nSPS) is 28.6. The van der Waals surface area contributed by atoms with E-state index >= 15 is 0 Å². The van der Waals surface area contributed by atoms with Crippen LogP contribution in [0.2, 0.25) is 0 Å². The van der Waals surface area contributed by atoms with Gasteiger partial charge in [-0.2, -0.15) is 0 Å². The van der Waals surface area contributed by atoms with Gasteiger partial charge in [-0.1, -0.05) is 26.0 Å². The first-order chi connectivity index (χ1) is 10.9. The molecule has 0 radical (unpaired) electrons. The van der Waals surface area contributed by atoms with Gasteiger partial charge in [0.15, 0.2) is 5.60 Å². The minimum absolute atomic E-state index is 0.255. The molecule has 1 amide bonds. The Balaban J connectivity index is 1.77. The Hall–Kier alpha value is -1.46. The van der Waals surface area contributed by atoms with E-state index in [2.05, 4.69) is 5.32 Å². The molecule has 0 spiro atoms. The largest absolute Gasteiger partial charge is 0.375 e. The molecule has 1 saturated carbocycles. The molecule has 3 rings (SSSR count). The van der Waals surface area contributed by atoms with Gasteiger partial charge in [0.2, 0.25) is 0 Å². The van der Waals surface area contributed by atoms with Crippen LogP contribution >= 0.6 is 0 Å². The fraction of sp³-hybridized carbons (Fsp3) is 0.611. The Morgan fingerprint density at radius 2 is 1.91 bits per heavy atom. The quantitative estimate of drug-likeness (QED) is 0.866. The molecule has 0 bridgehead atoms. The van der Waals surface area contributed by atoms with E-state index in [4.69, 9.17) is 0 Å². The maximum atomic E-state index is 13.2. The third kappa shape index (κ3) is 2.66. The smallest absolute Gasteiger partial charge is 0.259 e. The topological polar surface area (TPSA) is 52.6 Å². The van der Waals surface area contributed by atoms with Crippen molar-refractivity contribution in [3.63, 3.8) is 0 Å². The molecule has 3 atom stereocenters. The molecule has 1 heterocycles. The fourth-order valence-corrected chi connectivity index (χ4v) is 4.00. The minimum Gasteiger partial charge on any atom is -0.375 e. The van der Waals surface area contributed by atoms with E-state index in [9.17, 15) is 14.3 Å². The van der Waals surface area contributed by atoms with Crippen LogP contribution in [-0.2, 0) is 10.4 Å². The van der Waals surface area contributed by atoms with Crippen molar-refractivity contribution < 1.29 is 14.3 Å². The third-order valence-corrected chi connectivity index (χ3v) is 5.54. The number of carbonyl (C=O) groups is 1. The van der Waals surface area contributed by atoms with Crippen molar-refractivity contribution in [2.24, 2.45) is 23.7 Å². The second-order valence-corrected chi connectivity index (χ2v) is 7.19. The van der Waals surface area contributed by atoms with Crippen LogP contribution in [0, 0.1) is 29.5 Å². The molecule has 2 fully saturated rings. The number of hydrogen-bond acceptors (Lipinski definition) is 3. The number of piperidine rings is 1. The second kappa shape index (κ2) is 5.87. The number of aliphatic hydroxyl groups is 1. The number of carbonyl (C=O) groups excluding carboxylic acids is 1. The summed E-state index contributed by atoms with van der Waals surface area (Å²) in [6.45, 7) is 6.06. The number of rotatable bonds is 5. The molecule has 0 aromatic heterocycles. The van der Waals surface area contributed by atoms with E-state index in [-0.39, 0.29) is 17.6 Å². The van der Waals surface area contributed by atoms with Crippen LogP contribution in [0.15, 0.2) is 24.3 Å². The van der Waals surface area contributed by atoms with Gasteiger partial charge in [-0.25, -0.2) is 4.39 Å². The van der Waals surface area contributed by atoms with Gasteiger partial charge >= 0.3 is 0 Å². The molecule has 126 valence electrons. The van der Waals surface area contributed by atoms with Gasteiger partial charge < -0.3 is 15.3 Å². The standard InChI is InChI=1S/C18H25FN2O2/c1-11(2)18(23,12-4-6-13(19)7-5-12)17(22)21-9-15-14(8-20-3)16(15)10-21/h4-7,11,14-16,20,23H,8-10H2,1-3H3. The van der Waals surface area contributed by atoms with Crippen molar-refractivity contribution in [3.8, 4) is 0 Å². The lowest BCUT2D eigenvalue weighted by molar-refractivity contribution is -0.157. The predicted octanol–water partition coefficient (Wildman–Crippen LogP) is 1.59. The van der Waals surface area contributed by atoms with Gasteiger partial charge in [-0.15, -0.1) is 0 Å². The van der Waals surface area contributed by atoms with E-state index in [1.165, 1.54) is 24.3 Å². The van der Waals surface area contributed by atoms with Crippen LogP contribution in [0.4, 0.5) is 4.39 Å². The highest BCUT2D eigenvalue weighted by atomic mass is 19.1. The average Bonchev–Trinajstić information content (AvgIpc) is 2.97. The molecule has 23 heavy (non-hydrogen) atoms. The first-order valence-electron chi connectivity index (χ1n) is 8.32. The zero-order valence-corrected chi connectivity index (χ0v) is 13.9. The van der Waals surface area contributed by atoms with Crippen molar-refractivity contribution in [2.75, 3.05) is 26.7 Å². The highest BCUT2D eigenvalue weighted by Gasteiger charge is 2.58. The summed E-state index contributed by atoms with van der Waals surface area (Å²) in [4.78, 5) is 14.8. The Bertz CT molecular complexity index is 577. The summed E-state index contributed by atoms with van der Waals surface area (Å²) in [5.41, 5.74) is -1.13. The minimum atomic E-state index is -1.59. The monoisotopic (exact) mass is 320 g/mol. The molecular weight excluding hydrogens is 295 g/mol. The Morgan fingerprint density at radius 1 is 1.35 bits per heavy atom. The maximum absolute atomic E-state index is 13.2. The zero-order valence-electron chi connectivity index (χ0n) is 13.9. The van der Waals surface area contributed by atoms with Gasteiger partial charge in [0.1, 0.15) is 5.82 Å². The number of nitrogens with zero attached hydrogens (tertiary/aromatic N) is 1. The molecule has 5 heteroatoms. The molecule has 1 aromatic rings. The van der Waals surface area contributed by atoms with Crippen molar-refractivity contribution >= 4 is 5.91 Å². The van der Waals surface area contributed by atoms with E-state index in [0.29, 0.717) is 36.4 Å². The average molecular weight is 320 g/mol. The summed E-state index contributed by atoms with van der Waals surface area (Å²) in [7, 11) is 1.95. The maximum Gasteiger partial charge on any atom is 0.259 e. The Morgan fingerprint density at radius 3 is 2.39 bits per heavy atom. The molecule has 1 aromatic carbocycles. The van der Waals surface area contributed by atoms with Gasteiger partial charge in [-0.3, -0.25) is 4.79 Å². The predicted molar refractivity (Wildman–Crippen MR) is 86.1 cm³/mol. The number of fused-ring (bicyclic) bond motifs is 1.